The zero-order valence-electron chi connectivity index (χ0n) is 41.5. The molecule has 3 N–H and O–H groups in total. The van der Waals surface area contributed by atoms with Crippen LogP contribution in [0.2, 0.25) is 0 Å². The van der Waals surface area contributed by atoms with Gasteiger partial charge in [0.05, 0.1) is 46.5 Å². The Morgan fingerprint density at radius 3 is 2.45 bits per heavy atom. The number of rotatable bonds is 16. The monoisotopic (exact) mass is 1050 g/mol. The zero-order chi connectivity index (χ0) is 54.1. The van der Waals surface area contributed by atoms with Gasteiger partial charge in [-0.15, -0.1) is 5.10 Å². The lowest BCUT2D eigenvalue weighted by Crippen LogP contribution is -2.54. The molecule has 4 aliphatic rings. The van der Waals surface area contributed by atoms with Crippen molar-refractivity contribution in [3.8, 4) is 5.75 Å². The van der Waals surface area contributed by atoms with E-state index in [1.807, 2.05) is 18.3 Å². The van der Waals surface area contributed by atoms with Gasteiger partial charge in [0.2, 0.25) is 17.8 Å². The van der Waals surface area contributed by atoms with Gasteiger partial charge >= 0.3 is 12.2 Å². The molecule has 6 aromatic rings. The third-order valence-electron chi connectivity index (χ3n) is 13.5. The average molecular weight is 1060 g/mol. The van der Waals surface area contributed by atoms with Crippen molar-refractivity contribution in [2.75, 3.05) is 65.2 Å². The summed E-state index contributed by atoms with van der Waals surface area (Å²) in [7, 11) is 1.59. The average Bonchev–Trinajstić information content (AvgIpc) is 4.01. The lowest BCUT2D eigenvalue weighted by molar-refractivity contribution is -0.138. The van der Waals surface area contributed by atoms with E-state index in [1.165, 1.54) is 40.1 Å². The number of hydrogen-bond acceptors (Lipinski definition) is 16. The Morgan fingerprint density at radius 1 is 0.896 bits per heavy atom. The molecule has 1 atom stereocenters. The maximum Gasteiger partial charge on any atom is 0.416 e. The van der Waals surface area contributed by atoms with Crippen molar-refractivity contribution >= 4 is 76.0 Å². The number of alkyl halides is 3. The molecule has 4 aliphatic heterocycles. The number of ether oxygens (including phenoxy) is 1. The number of imide groups is 2. The van der Waals surface area contributed by atoms with Gasteiger partial charge in [-0.25, -0.2) is 14.8 Å². The third kappa shape index (κ3) is 11.0. The molecule has 0 spiro atoms. The summed E-state index contributed by atoms with van der Waals surface area (Å²) in [6, 6.07) is 15.8. The molecule has 3 aromatic carbocycles. The number of anilines is 6. The Kier molecular flexibility index (Phi) is 14.2. The van der Waals surface area contributed by atoms with Crippen molar-refractivity contribution in [1.29, 1.82) is 0 Å². The van der Waals surface area contributed by atoms with E-state index in [0.29, 0.717) is 48.0 Å². The highest BCUT2D eigenvalue weighted by Gasteiger charge is 2.46. The van der Waals surface area contributed by atoms with Gasteiger partial charge in [0.25, 0.3) is 17.7 Å². The number of amides is 7. The minimum atomic E-state index is -4.61. The van der Waals surface area contributed by atoms with Crippen molar-refractivity contribution in [3.05, 3.63) is 130 Å². The van der Waals surface area contributed by atoms with E-state index in [0.717, 1.165) is 60.3 Å². The highest BCUT2D eigenvalue weighted by atomic mass is 19.4. The second-order valence-electron chi connectivity index (χ2n) is 18.8. The molecule has 2 saturated heterocycles. The molecule has 22 nitrogen and oxygen atoms in total. The Hall–Kier alpha value is -9.13. The Morgan fingerprint density at radius 2 is 1.69 bits per heavy atom. The lowest BCUT2D eigenvalue weighted by Gasteiger charge is -2.35. The summed E-state index contributed by atoms with van der Waals surface area (Å²) < 4.78 is 47.3. The molecule has 0 bridgehead atoms. The highest BCUT2D eigenvalue weighted by molar-refractivity contribution is 6.24. The van der Waals surface area contributed by atoms with Crippen molar-refractivity contribution in [2.45, 2.75) is 64.5 Å². The van der Waals surface area contributed by atoms with Gasteiger partial charge in [-0.05, 0) is 79.9 Å². The van der Waals surface area contributed by atoms with Crippen molar-refractivity contribution in [3.63, 3.8) is 0 Å². The van der Waals surface area contributed by atoms with Crippen LogP contribution in [0.15, 0.2) is 91.4 Å². The molecular formula is C52H49F3N14O8. The first-order chi connectivity index (χ1) is 37.0. The largest absolute Gasteiger partial charge is 0.485 e. The van der Waals surface area contributed by atoms with Crippen LogP contribution in [0.1, 0.15) is 79.1 Å². The second kappa shape index (κ2) is 21.2. The van der Waals surface area contributed by atoms with Crippen LogP contribution in [0.4, 0.5) is 52.6 Å². The Labute approximate surface area is 437 Å². The number of halogens is 3. The number of benzene rings is 3. The minimum absolute atomic E-state index is 0.00233. The van der Waals surface area contributed by atoms with Gasteiger partial charge in [-0.3, -0.25) is 58.4 Å². The van der Waals surface area contributed by atoms with E-state index in [9.17, 15) is 46.7 Å². The number of fused-ring (bicyclic) bond motifs is 2. The molecule has 77 heavy (non-hydrogen) atoms. The molecule has 0 aliphatic carbocycles. The van der Waals surface area contributed by atoms with Crippen molar-refractivity contribution in [2.24, 2.45) is 0 Å². The van der Waals surface area contributed by atoms with Crippen LogP contribution in [-0.4, -0.2) is 127 Å². The summed E-state index contributed by atoms with van der Waals surface area (Å²) in [5.41, 5.74) is 2.51. The fraction of sp³-hybridized carbons (Fsp3) is 0.308. The summed E-state index contributed by atoms with van der Waals surface area (Å²) >= 11 is 0. The molecule has 1 unspecified atom stereocenters. The quantitative estimate of drug-likeness (QED) is 0.101. The Bertz CT molecular complexity index is 3340. The minimum Gasteiger partial charge on any atom is -0.485 e. The summed E-state index contributed by atoms with van der Waals surface area (Å²) in [5.74, 6) is -2.02. The van der Waals surface area contributed by atoms with Crippen LogP contribution in [0.25, 0.3) is 0 Å². The van der Waals surface area contributed by atoms with Crippen LogP contribution in [0, 0.1) is 6.92 Å². The van der Waals surface area contributed by atoms with Gasteiger partial charge in [-0.1, -0.05) is 23.4 Å². The summed E-state index contributed by atoms with van der Waals surface area (Å²) in [6.45, 7) is 5.55. The summed E-state index contributed by atoms with van der Waals surface area (Å²) in [5, 5.41) is 16.6. The van der Waals surface area contributed by atoms with Gasteiger partial charge in [-0.2, -0.15) is 18.2 Å². The van der Waals surface area contributed by atoms with E-state index in [2.05, 4.69) is 51.0 Å². The number of urea groups is 1. The molecule has 396 valence electrons. The van der Waals surface area contributed by atoms with E-state index in [1.54, 1.807) is 49.2 Å². The van der Waals surface area contributed by atoms with Gasteiger partial charge < -0.3 is 20.3 Å². The number of carbonyl (C=O) groups is 7. The van der Waals surface area contributed by atoms with Crippen LogP contribution >= 0.6 is 0 Å². The van der Waals surface area contributed by atoms with Crippen LogP contribution in [-0.2, 0) is 40.2 Å². The van der Waals surface area contributed by atoms with Crippen LogP contribution in [0.3, 0.4) is 0 Å². The highest BCUT2D eigenvalue weighted by Crippen LogP contribution is 2.36. The van der Waals surface area contributed by atoms with Crippen LogP contribution in [0.5, 0.6) is 5.75 Å². The first-order valence-corrected chi connectivity index (χ1v) is 24.6. The topological polar surface area (TPSA) is 250 Å². The molecular weight excluding hydrogens is 1010 g/mol. The maximum atomic E-state index is 13.8. The van der Waals surface area contributed by atoms with Gasteiger partial charge in [0.1, 0.15) is 30.0 Å². The fourth-order valence-corrected chi connectivity index (χ4v) is 9.51. The second-order valence-corrected chi connectivity index (χ2v) is 18.8. The third-order valence-corrected chi connectivity index (χ3v) is 13.5. The number of nitrogens with one attached hydrogen (secondary N) is 3. The first-order valence-electron chi connectivity index (χ1n) is 24.6. The molecule has 25 heteroatoms. The van der Waals surface area contributed by atoms with Crippen LogP contribution < -0.4 is 35.4 Å². The number of Topliss-reactive ketones (excluding diaryl/α,β-unsaturated/α-hetero) is 1. The van der Waals surface area contributed by atoms with Gasteiger partial charge in [0, 0.05) is 88.4 Å². The number of hydrogen-bond donors (Lipinski definition) is 3. The number of piperazine rings is 1. The number of nitrogens with zero attached hydrogens (tertiary/aromatic N) is 11. The summed E-state index contributed by atoms with van der Waals surface area (Å²) in [6.07, 6.45) is 1.20. The standard InChI is InChI=1S/C52H49F3N14O8/c1-30-11-12-34(58-46(72)31-6-3-7-33(22-31)52(53,54)55)23-40(30)68-26-32-24-57-50(61-45(32)64(2)51(68)76)59-35-13-15-42(56-25-35)66-20-18-65(19-21-66)27-36-28-67(63-62-36)17-5-8-37(70)29-77-41-10-4-9-38-44(41)49(75)69(48(38)74)39-14-16-43(71)60-47(39)73/h3-4,6-7,9-13,15,22-25,28,39H,5,8,14,16-21,26-27,29H2,1-2H3,(H,58,72)(H,57,59,61)(H,60,71,73). The zero-order valence-corrected chi connectivity index (χ0v) is 41.5. The SMILES string of the molecule is Cc1ccc(NC(=O)c2cccc(C(F)(F)F)c2)cc1N1Cc2cnc(Nc3ccc(N4CCN(Cc5cn(CCCC(=O)COc6cccc7c6C(=O)N(C6CCC(=O)NC6=O)C7=O)nn5)CC4)nc3)nc2N(C)C1=O. The number of carbonyl (C=O) groups excluding carboxylic acids is 7. The van der Waals surface area contributed by atoms with E-state index in [4.69, 9.17) is 4.74 Å². The smallest absolute Gasteiger partial charge is 0.416 e. The predicted molar refractivity (Wildman–Crippen MR) is 270 cm³/mol. The number of ketones is 1. The molecule has 7 heterocycles. The Balaban J connectivity index is 0.663. The molecule has 10 rings (SSSR count). The molecule has 0 radical (unpaired) electrons. The predicted octanol–water partition coefficient (Wildman–Crippen LogP) is 5.51. The molecule has 2 fully saturated rings. The number of piperidine rings is 1. The van der Waals surface area contributed by atoms with Crippen molar-refractivity contribution < 1.29 is 51.5 Å². The number of aromatic nitrogens is 6. The number of aryl methyl sites for hydroxylation is 2. The normalized spacial score (nSPS) is 16.8. The van der Waals surface area contributed by atoms with E-state index >= 15 is 0 Å². The molecule has 3 aromatic heterocycles. The maximum absolute atomic E-state index is 13.8. The van der Waals surface area contributed by atoms with E-state index < -0.39 is 53.3 Å². The van der Waals surface area contributed by atoms with Crippen molar-refractivity contribution in [1.82, 2.24) is 45.1 Å². The number of pyridine rings is 1. The first kappa shape index (κ1) is 51.4. The van der Waals surface area contributed by atoms with Gasteiger partial charge in [0.15, 0.2) is 5.78 Å². The molecule has 0 saturated carbocycles. The molecule has 7 amide bonds. The van der Waals surface area contributed by atoms with E-state index in [-0.39, 0.29) is 66.6 Å². The lowest BCUT2D eigenvalue weighted by atomic mass is 10.0. The fourth-order valence-electron chi connectivity index (χ4n) is 9.51. The summed E-state index contributed by atoms with van der Waals surface area (Å²) in [4.78, 5) is 112.